The second-order valence-electron chi connectivity index (χ2n) is 4.50. The van der Waals surface area contributed by atoms with Gasteiger partial charge >= 0.3 is 5.97 Å². The van der Waals surface area contributed by atoms with Gasteiger partial charge < -0.3 is 14.0 Å². The van der Waals surface area contributed by atoms with Crippen molar-refractivity contribution in [1.82, 2.24) is 4.57 Å². The molecule has 0 fully saturated rings. The fraction of sp³-hybridized carbons (Fsp3) is 0.214. The number of carbonyl (C=O) groups excluding carboxylic acids is 1. The number of aromatic nitrogens is 1. The molecular weight excluding hydrogens is 295 g/mol. The number of carbonyl (C=O) groups is 1. The second-order valence-corrected chi connectivity index (χ2v) is 4.50. The molecule has 2 rings (SSSR count). The molecule has 0 bridgehead atoms. The standard InChI is InChI=1S/C14H13FN2O5/c1-16-7-10(17(19)20)6-12(16)14(18)22-8-9-3-4-13(21-2)11(15)5-9/h3-7H,8H2,1-2H3. The molecule has 8 heteroatoms. The van der Waals surface area contributed by atoms with Crippen LogP contribution in [0.25, 0.3) is 0 Å². The molecule has 7 nitrogen and oxygen atoms in total. The molecule has 0 spiro atoms. The van der Waals surface area contributed by atoms with Gasteiger partial charge in [0.15, 0.2) is 11.6 Å². The van der Waals surface area contributed by atoms with Crippen molar-refractivity contribution < 1.29 is 23.6 Å². The van der Waals surface area contributed by atoms with E-state index in [-0.39, 0.29) is 23.7 Å². The maximum Gasteiger partial charge on any atom is 0.355 e. The van der Waals surface area contributed by atoms with Crippen LogP contribution in [-0.4, -0.2) is 22.6 Å². The number of hydrogen-bond acceptors (Lipinski definition) is 5. The van der Waals surface area contributed by atoms with E-state index in [1.54, 1.807) is 6.07 Å². The highest BCUT2D eigenvalue weighted by Crippen LogP contribution is 2.19. The Morgan fingerprint density at radius 3 is 2.68 bits per heavy atom. The lowest BCUT2D eigenvalue weighted by atomic mass is 10.2. The Morgan fingerprint density at radius 1 is 1.41 bits per heavy atom. The van der Waals surface area contributed by atoms with E-state index in [4.69, 9.17) is 9.47 Å². The number of aryl methyl sites for hydroxylation is 1. The summed E-state index contributed by atoms with van der Waals surface area (Å²) < 4.78 is 24.6. The Kier molecular flexibility index (Phi) is 4.40. The van der Waals surface area contributed by atoms with E-state index in [1.165, 1.54) is 37.1 Å². The molecule has 22 heavy (non-hydrogen) atoms. The highest BCUT2D eigenvalue weighted by Gasteiger charge is 2.18. The Hall–Kier alpha value is -2.90. The first kappa shape index (κ1) is 15.5. The third-order valence-corrected chi connectivity index (χ3v) is 3.00. The van der Waals surface area contributed by atoms with E-state index in [0.717, 1.165) is 6.07 Å². The Morgan fingerprint density at radius 2 is 2.14 bits per heavy atom. The van der Waals surface area contributed by atoms with Crippen LogP contribution in [0.4, 0.5) is 10.1 Å². The monoisotopic (exact) mass is 308 g/mol. The first-order chi connectivity index (χ1) is 10.4. The van der Waals surface area contributed by atoms with Crippen molar-refractivity contribution in [3.63, 3.8) is 0 Å². The zero-order valence-electron chi connectivity index (χ0n) is 11.9. The number of ether oxygens (including phenoxy) is 2. The van der Waals surface area contributed by atoms with Crippen LogP contribution in [0.2, 0.25) is 0 Å². The topological polar surface area (TPSA) is 83.6 Å². The van der Waals surface area contributed by atoms with E-state index in [9.17, 15) is 19.3 Å². The van der Waals surface area contributed by atoms with Gasteiger partial charge in [0.1, 0.15) is 12.3 Å². The second kappa shape index (κ2) is 6.25. The number of halogens is 1. The highest BCUT2D eigenvalue weighted by molar-refractivity contribution is 5.88. The average Bonchev–Trinajstić information content (AvgIpc) is 2.87. The highest BCUT2D eigenvalue weighted by atomic mass is 19.1. The van der Waals surface area contributed by atoms with Gasteiger partial charge in [-0.05, 0) is 17.7 Å². The molecule has 0 N–H and O–H groups in total. The van der Waals surface area contributed by atoms with Crippen LogP contribution in [0.1, 0.15) is 16.1 Å². The lowest BCUT2D eigenvalue weighted by Crippen LogP contribution is -2.09. The summed E-state index contributed by atoms with van der Waals surface area (Å²) in [4.78, 5) is 22.0. The van der Waals surface area contributed by atoms with Crippen LogP contribution < -0.4 is 4.74 Å². The fourth-order valence-electron chi connectivity index (χ4n) is 1.87. The number of rotatable bonds is 5. The van der Waals surface area contributed by atoms with Gasteiger partial charge in [0.25, 0.3) is 5.69 Å². The third-order valence-electron chi connectivity index (χ3n) is 3.00. The van der Waals surface area contributed by atoms with Crippen molar-refractivity contribution in [1.29, 1.82) is 0 Å². The first-order valence-corrected chi connectivity index (χ1v) is 6.22. The molecule has 0 aliphatic carbocycles. The number of benzene rings is 1. The van der Waals surface area contributed by atoms with Gasteiger partial charge in [-0.2, -0.15) is 0 Å². The smallest absolute Gasteiger partial charge is 0.355 e. The Balaban J connectivity index is 2.07. The quantitative estimate of drug-likeness (QED) is 0.481. The Labute approximate surface area is 125 Å². The maximum absolute atomic E-state index is 13.5. The normalized spacial score (nSPS) is 10.3. The predicted molar refractivity (Wildman–Crippen MR) is 74.1 cm³/mol. The zero-order chi connectivity index (χ0) is 16.3. The van der Waals surface area contributed by atoms with Crippen LogP contribution in [0.15, 0.2) is 30.5 Å². The van der Waals surface area contributed by atoms with Gasteiger partial charge in [0.05, 0.1) is 18.2 Å². The molecule has 0 atom stereocenters. The van der Waals surface area contributed by atoms with Gasteiger partial charge in [-0.1, -0.05) is 6.07 Å². The molecule has 0 radical (unpaired) electrons. The molecule has 116 valence electrons. The van der Waals surface area contributed by atoms with Gasteiger partial charge in [-0.25, -0.2) is 9.18 Å². The Bertz CT molecular complexity index is 726. The van der Waals surface area contributed by atoms with Crippen LogP contribution in [0.3, 0.4) is 0 Å². The molecule has 2 aromatic rings. The maximum atomic E-state index is 13.5. The fourth-order valence-corrected chi connectivity index (χ4v) is 1.87. The van der Waals surface area contributed by atoms with E-state index in [2.05, 4.69) is 0 Å². The van der Waals surface area contributed by atoms with Crippen molar-refractivity contribution in [2.24, 2.45) is 7.05 Å². The molecule has 0 aliphatic rings. The third kappa shape index (κ3) is 3.22. The summed E-state index contributed by atoms with van der Waals surface area (Å²) in [7, 11) is 2.84. The van der Waals surface area contributed by atoms with Crippen LogP contribution in [0.5, 0.6) is 5.75 Å². The molecule has 0 amide bonds. The zero-order valence-corrected chi connectivity index (χ0v) is 11.9. The van der Waals surface area contributed by atoms with Gasteiger partial charge in [-0.3, -0.25) is 10.1 Å². The number of hydrogen-bond donors (Lipinski definition) is 0. The van der Waals surface area contributed by atoms with Gasteiger partial charge in [-0.15, -0.1) is 0 Å². The predicted octanol–water partition coefficient (Wildman–Crippen LogP) is 2.44. The van der Waals surface area contributed by atoms with E-state index < -0.39 is 16.7 Å². The molecule has 1 aromatic carbocycles. The summed E-state index contributed by atoms with van der Waals surface area (Å²) >= 11 is 0. The molecule has 0 unspecified atom stereocenters. The SMILES string of the molecule is COc1ccc(COC(=O)c2cc([N+](=O)[O-])cn2C)cc1F. The molecule has 0 saturated carbocycles. The molecule has 1 aromatic heterocycles. The number of methoxy groups -OCH3 is 1. The summed E-state index contributed by atoms with van der Waals surface area (Å²) in [5.74, 6) is -1.20. The number of esters is 1. The minimum atomic E-state index is -0.730. The van der Waals surface area contributed by atoms with Crippen LogP contribution in [-0.2, 0) is 18.4 Å². The van der Waals surface area contributed by atoms with Gasteiger partial charge in [0.2, 0.25) is 0 Å². The molecular formula is C14H13FN2O5. The average molecular weight is 308 g/mol. The largest absolute Gasteiger partial charge is 0.494 e. The number of nitrogens with zero attached hydrogens (tertiary/aromatic N) is 2. The molecule has 0 saturated heterocycles. The number of nitro groups is 1. The lowest BCUT2D eigenvalue weighted by Gasteiger charge is -2.07. The first-order valence-electron chi connectivity index (χ1n) is 6.22. The summed E-state index contributed by atoms with van der Waals surface area (Å²) in [6, 6.07) is 5.30. The minimum absolute atomic E-state index is 0.0423. The van der Waals surface area contributed by atoms with Crippen molar-refractivity contribution in [2.45, 2.75) is 6.61 Å². The van der Waals surface area contributed by atoms with Crippen molar-refractivity contribution >= 4 is 11.7 Å². The molecule has 0 aliphatic heterocycles. The molecule has 1 heterocycles. The van der Waals surface area contributed by atoms with Crippen LogP contribution >= 0.6 is 0 Å². The summed E-state index contributed by atoms with van der Waals surface area (Å²) in [6.07, 6.45) is 1.21. The van der Waals surface area contributed by atoms with Crippen molar-refractivity contribution in [3.8, 4) is 5.75 Å². The van der Waals surface area contributed by atoms with Crippen LogP contribution in [0, 0.1) is 15.9 Å². The van der Waals surface area contributed by atoms with E-state index in [1.807, 2.05) is 0 Å². The minimum Gasteiger partial charge on any atom is -0.494 e. The summed E-state index contributed by atoms with van der Waals surface area (Å²) in [5.41, 5.74) is 0.279. The summed E-state index contributed by atoms with van der Waals surface area (Å²) in [6.45, 7) is -0.154. The lowest BCUT2D eigenvalue weighted by molar-refractivity contribution is -0.384. The summed E-state index contributed by atoms with van der Waals surface area (Å²) in [5, 5.41) is 10.7. The van der Waals surface area contributed by atoms with Gasteiger partial charge in [0, 0.05) is 13.1 Å². The van der Waals surface area contributed by atoms with Crippen molar-refractivity contribution in [2.75, 3.05) is 7.11 Å². The van der Waals surface area contributed by atoms with Crippen molar-refractivity contribution in [3.05, 3.63) is 57.7 Å². The van der Waals surface area contributed by atoms with E-state index >= 15 is 0 Å². The van der Waals surface area contributed by atoms with E-state index in [0.29, 0.717) is 5.56 Å².